The van der Waals surface area contributed by atoms with E-state index in [0.717, 1.165) is 45.9 Å². The zero-order chi connectivity index (χ0) is 36.0. The number of anilines is 1. The minimum absolute atomic E-state index is 0.0364. The average Bonchev–Trinajstić information content (AvgIpc) is 3.30. The fourth-order valence-corrected chi connectivity index (χ4v) is 12.4. The molecule has 0 aliphatic heterocycles. The number of fused-ring (bicyclic) bond motifs is 1. The molecule has 0 bridgehead atoms. The third-order valence-electron chi connectivity index (χ3n) is 10.3. The van der Waals surface area contributed by atoms with Crippen LogP contribution in [0.1, 0.15) is 116 Å². The van der Waals surface area contributed by atoms with E-state index in [0.29, 0.717) is 32.7 Å². The van der Waals surface area contributed by atoms with Crippen LogP contribution in [-0.4, -0.2) is 19.1 Å². The van der Waals surface area contributed by atoms with Gasteiger partial charge in [0.25, 0.3) is 17.4 Å². The van der Waals surface area contributed by atoms with E-state index in [2.05, 4.69) is 55.3 Å². The lowest BCUT2D eigenvalue weighted by Gasteiger charge is -2.39. The smallest absolute Gasteiger partial charge is 0.265 e. The maximum atomic E-state index is 16.1. The zero-order valence-corrected chi connectivity index (χ0v) is 34.0. The molecule has 1 saturated carbocycles. The van der Waals surface area contributed by atoms with E-state index >= 15 is 4.57 Å². The van der Waals surface area contributed by atoms with Crippen LogP contribution >= 0.6 is 23.3 Å². The van der Waals surface area contributed by atoms with E-state index in [1.807, 2.05) is 100.0 Å². The van der Waals surface area contributed by atoms with Crippen molar-refractivity contribution in [1.82, 2.24) is 4.57 Å². The average molecular weight is 770 g/mol. The van der Waals surface area contributed by atoms with Crippen molar-refractivity contribution in [2.45, 2.75) is 110 Å². The molecule has 0 saturated heterocycles. The highest BCUT2D eigenvalue weighted by Crippen LogP contribution is 2.54. The summed E-state index contributed by atoms with van der Waals surface area (Å²) in [7, 11) is -6.25. The molecule has 0 radical (unpaired) electrons. The Morgan fingerprint density at radius 1 is 0.878 bits per heavy atom. The number of sulfonamides is 1. The first-order valence-electron chi connectivity index (χ1n) is 17.8. The number of nitrogens with zero attached hydrogens (tertiary/aromatic N) is 1. The Balaban J connectivity index is 1.80. The minimum Gasteiger partial charge on any atom is -0.329 e. The van der Waals surface area contributed by atoms with Gasteiger partial charge in [0, 0.05) is 22.2 Å². The summed E-state index contributed by atoms with van der Waals surface area (Å²) in [4.78, 5) is 0.302. The van der Waals surface area contributed by atoms with Crippen LogP contribution in [0.15, 0.2) is 70.0 Å². The van der Waals surface area contributed by atoms with E-state index < -0.39 is 17.4 Å². The summed E-state index contributed by atoms with van der Waals surface area (Å²) in [6.07, 6.45) is 2.66. The summed E-state index contributed by atoms with van der Waals surface area (Å²) in [5, 5.41) is 1.63. The van der Waals surface area contributed by atoms with Crippen molar-refractivity contribution < 1.29 is 17.5 Å². The molecule has 9 heteroatoms. The number of aryl methyl sites for hydroxylation is 1. The van der Waals surface area contributed by atoms with Crippen LogP contribution in [0.3, 0.4) is 0 Å². The van der Waals surface area contributed by atoms with Gasteiger partial charge in [0.2, 0.25) is 0 Å². The van der Waals surface area contributed by atoms with Gasteiger partial charge in [-0.3, -0.25) is 9.29 Å². The summed E-state index contributed by atoms with van der Waals surface area (Å²) in [5.41, 5.74) is 3.44. The molecule has 1 aliphatic rings. The molecule has 4 aromatic rings. The lowest BCUT2D eigenvalue weighted by molar-refractivity contribution is 0.0515. The lowest BCUT2D eigenvalue weighted by atomic mass is 9.75. The summed E-state index contributed by atoms with van der Waals surface area (Å²) < 4.78 is 58.8. The molecule has 1 N–H and O–H groups in total. The molecule has 1 aromatic heterocycles. The Hall–Kier alpha value is -2.38. The highest BCUT2D eigenvalue weighted by atomic mass is 79.9. The molecule has 3 aromatic carbocycles. The van der Waals surface area contributed by atoms with E-state index in [9.17, 15) is 8.42 Å². The van der Waals surface area contributed by atoms with Crippen molar-refractivity contribution in [3.05, 3.63) is 81.8 Å². The highest BCUT2D eigenvalue weighted by Gasteiger charge is 2.43. The number of hydrogen-bond acceptors (Lipinski definition) is 4. The first-order valence-corrected chi connectivity index (χ1v) is 21.7. The minimum atomic E-state index is -4.18. The molecule has 0 unspecified atom stereocenters. The van der Waals surface area contributed by atoms with Crippen molar-refractivity contribution in [3.8, 4) is 0 Å². The Morgan fingerprint density at radius 2 is 1.49 bits per heavy atom. The maximum absolute atomic E-state index is 16.1. The number of rotatable bonds is 11. The van der Waals surface area contributed by atoms with Gasteiger partial charge in [0.1, 0.15) is 5.82 Å². The van der Waals surface area contributed by atoms with Crippen LogP contribution in [0.2, 0.25) is 0 Å². The van der Waals surface area contributed by atoms with Gasteiger partial charge in [-0.05, 0) is 95.4 Å². The molecule has 0 amide bonds. The van der Waals surface area contributed by atoms with Gasteiger partial charge in [-0.1, -0.05) is 115 Å². The zero-order valence-electron chi connectivity index (χ0n) is 30.7. The molecule has 49 heavy (non-hydrogen) atoms. The van der Waals surface area contributed by atoms with Crippen molar-refractivity contribution >= 4 is 60.7 Å². The molecular formula is C40H54BrN2O4PS. The number of halogens is 1. The monoisotopic (exact) mass is 768 g/mol. The number of aromatic nitrogens is 1. The second-order valence-electron chi connectivity index (χ2n) is 15.4. The summed E-state index contributed by atoms with van der Waals surface area (Å²) in [6.45, 7) is 19.1. The van der Waals surface area contributed by atoms with Gasteiger partial charge in [-0.2, -0.15) is 0 Å². The van der Waals surface area contributed by atoms with Gasteiger partial charge >= 0.3 is 0 Å². The quantitative estimate of drug-likeness (QED) is 0.154. The number of benzene rings is 3. The summed E-state index contributed by atoms with van der Waals surface area (Å²) in [5.74, 6) is 1.45. The molecule has 5 rings (SSSR count). The summed E-state index contributed by atoms with van der Waals surface area (Å²) >= 11 is 3.65. The number of nitrogens with one attached hydrogen (secondary N) is 1. The fourth-order valence-electron chi connectivity index (χ4n) is 7.48. The van der Waals surface area contributed by atoms with E-state index in [4.69, 9.17) is 4.52 Å². The molecule has 4 atom stereocenters. The lowest BCUT2D eigenvalue weighted by Crippen LogP contribution is -2.36. The second-order valence-corrected chi connectivity index (χ2v) is 20.2. The largest absolute Gasteiger partial charge is 0.329 e. The second kappa shape index (κ2) is 14.7. The maximum Gasteiger partial charge on any atom is 0.265 e. The molecule has 266 valence electrons. The van der Waals surface area contributed by atoms with Crippen molar-refractivity contribution in [2.75, 3.05) is 4.72 Å². The third kappa shape index (κ3) is 7.49. The highest BCUT2D eigenvalue weighted by molar-refractivity contribution is 9.10. The van der Waals surface area contributed by atoms with Crippen LogP contribution in [0, 0.1) is 17.8 Å². The Labute approximate surface area is 303 Å². The predicted octanol–water partition coefficient (Wildman–Crippen LogP) is 10.8. The summed E-state index contributed by atoms with van der Waals surface area (Å²) in [6, 6.07) is 19.2. The molecule has 6 nitrogen and oxygen atoms in total. The molecular weight excluding hydrogens is 715 g/mol. The van der Waals surface area contributed by atoms with Crippen LogP contribution in [0.4, 0.5) is 5.82 Å². The van der Waals surface area contributed by atoms with Gasteiger partial charge < -0.3 is 9.09 Å². The number of hydrogen-bond donors (Lipinski definition) is 1. The molecule has 1 fully saturated rings. The van der Waals surface area contributed by atoms with Crippen LogP contribution in [0.25, 0.3) is 10.9 Å². The molecule has 0 spiro atoms. The van der Waals surface area contributed by atoms with E-state index in [-0.39, 0.29) is 35.6 Å². The fraction of sp³-hybridized carbons (Fsp3) is 0.500. The van der Waals surface area contributed by atoms with Gasteiger partial charge in [-0.15, -0.1) is 0 Å². The topological polar surface area (TPSA) is 77.4 Å². The Bertz CT molecular complexity index is 1940. The van der Waals surface area contributed by atoms with Crippen molar-refractivity contribution in [3.63, 3.8) is 0 Å². The van der Waals surface area contributed by atoms with Crippen molar-refractivity contribution in [1.29, 1.82) is 0 Å². The van der Waals surface area contributed by atoms with Crippen LogP contribution < -0.4 is 15.3 Å². The Morgan fingerprint density at radius 3 is 2.04 bits per heavy atom. The van der Waals surface area contributed by atoms with Gasteiger partial charge in [-0.25, -0.2) is 8.42 Å². The SMILES string of the molecule is CC(C)c1cc(C(C)C)c(S(=O)(=O)Nc2c([P@@](=O)(O[C@@H]3C[C@H](C)CC[C@H]3C(C)C)c3ccccc3)c3cc(Br)ccc3n2C)c(C(C)C)c1. The normalized spacial score (nSPS) is 20.1. The van der Waals surface area contributed by atoms with Crippen LogP contribution in [0.5, 0.6) is 0 Å². The first-order chi connectivity index (χ1) is 23.0. The van der Waals surface area contributed by atoms with Crippen LogP contribution in [-0.2, 0) is 26.2 Å². The van der Waals surface area contributed by atoms with E-state index in [1.54, 1.807) is 0 Å². The van der Waals surface area contributed by atoms with Gasteiger partial charge in [0.15, 0.2) is 0 Å². The Kier molecular flexibility index (Phi) is 11.4. The molecule has 1 aliphatic carbocycles. The van der Waals surface area contributed by atoms with Crippen molar-refractivity contribution in [2.24, 2.45) is 24.8 Å². The third-order valence-corrected chi connectivity index (χ3v) is 14.9. The first kappa shape index (κ1) is 37.9. The standard InChI is InChI=1S/C40H54BrN2O4PS/c1-24(2)29-21-33(26(5)6)39(34(22-29)27(7)8)49(45,46)42-40-38(35-23-30(41)17-19-36(35)43(40)10)48(44,31-14-12-11-13-15-31)47-37-20-28(9)16-18-32(37)25(3)4/h11-15,17,19,21-28,32,37,42H,16,18,20H2,1-10H3/t28-,32+,37-,48+/m1/s1. The molecule has 1 heterocycles. The predicted molar refractivity (Wildman–Crippen MR) is 210 cm³/mol. The van der Waals surface area contributed by atoms with E-state index in [1.165, 1.54) is 0 Å². The van der Waals surface area contributed by atoms with Gasteiger partial charge in [0.05, 0.1) is 21.8 Å².